The van der Waals surface area contributed by atoms with Gasteiger partial charge in [0.2, 0.25) is 0 Å². The third-order valence-corrected chi connectivity index (χ3v) is 4.13. The monoisotopic (exact) mass is 356 g/mol. The van der Waals surface area contributed by atoms with Crippen molar-refractivity contribution >= 4 is 33.5 Å². The summed E-state index contributed by atoms with van der Waals surface area (Å²) in [5.41, 5.74) is 1.12. The maximum atomic E-state index is 13.3. The Morgan fingerprint density at radius 3 is 2.65 bits per heavy atom. The first kappa shape index (κ1) is 15.0. The van der Waals surface area contributed by atoms with Gasteiger partial charge in [-0.3, -0.25) is 4.79 Å². The quantitative estimate of drug-likeness (QED) is 0.864. The number of carboxylic acids is 1. The molecule has 0 saturated carbocycles. The minimum absolute atomic E-state index is 0.164. The zero-order valence-electron chi connectivity index (χ0n) is 10.3. The van der Waals surface area contributed by atoms with E-state index >= 15 is 0 Å². The Labute approximate surface area is 129 Å². The fourth-order valence-electron chi connectivity index (χ4n) is 2.01. The first-order chi connectivity index (χ1) is 9.49. The van der Waals surface area contributed by atoms with E-state index in [1.54, 1.807) is 30.3 Å². The Kier molecular flexibility index (Phi) is 4.78. The van der Waals surface area contributed by atoms with Crippen LogP contribution in [0.4, 0.5) is 4.39 Å². The summed E-state index contributed by atoms with van der Waals surface area (Å²) in [5.74, 6) is -2.21. The molecule has 2 aromatic rings. The van der Waals surface area contributed by atoms with Gasteiger partial charge in [-0.25, -0.2) is 4.39 Å². The van der Waals surface area contributed by atoms with E-state index in [9.17, 15) is 14.3 Å². The minimum atomic E-state index is -0.991. The number of aliphatic carboxylic acids is 1. The predicted molar refractivity (Wildman–Crippen MR) is 79.6 cm³/mol. The van der Waals surface area contributed by atoms with Crippen molar-refractivity contribution in [2.75, 3.05) is 0 Å². The molecule has 0 saturated heterocycles. The van der Waals surface area contributed by atoms with Crippen LogP contribution >= 0.6 is 27.5 Å². The fraction of sp³-hybridized carbons (Fsp3) is 0.133. The van der Waals surface area contributed by atoms with Crippen LogP contribution < -0.4 is 0 Å². The molecule has 0 aliphatic rings. The van der Waals surface area contributed by atoms with Gasteiger partial charge in [0.1, 0.15) is 5.82 Å². The molecule has 0 radical (unpaired) electrons. The van der Waals surface area contributed by atoms with Crippen LogP contribution in [0.1, 0.15) is 17.0 Å². The highest BCUT2D eigenvalue weighted by atomic mass is 79.9. The molecule has 2 nitrogen and oxygen atoms in total. The second-order valence-electron chi connectivity index (χ2n) is 4.35. The molecule has 20 heavy (non-hydrogen) atoms. The number of halogens is 3. The number of carboxylic acid groups (broad SMARTS) is 1. The van der Waals surface area contributed by atoms with Crippen molar-refractivity contribution in [2.45, 2.75) is 12.3 Å². The molecule has 0 aromatic heterocycles. The second-order valence-corrected chi connectivity index (χ2v) is 5.61. The predicted octanol–water partition coefficient (Wildman–Crippen LogP) is 4.65. The van der Waals surface area contributed by atoms with Crippen LogP contribution in [-0.4, -0.2) is 11.1 Å². The molecule has 1 unspecified atom stereocenters. The van der Waals surface area contributed by atoms with Crippen molar-refractivity contribution in [1.29, 1.82) is 0 Å². The third kappa shape index (κ3) is 3.38. The number of benzene rings is 2. The lowest BCUT2D eigenvalue weighted by Crippen LogP contribution is -2.15. The summed E-state index contributed by atoms with van der Waals surface area (Å²) in [6, 6.07) is 11.0. The standard InChI is InChI=1S/C15H11BrClFO2/c16-13-6-5-10(18)7-9(13)8-12(15(19)20)11-3-1-2-4-14(11)17/h1-7,12H,8H2,(H,19,20). The molecule has 0 aliphatic carbocycles. The lowest BCUT2D eigenvalue weighted by atomic mass is 9.92. The van der Waals surface area contributed by atoms with E-state index in [0.29, 0.717) is 20.6 Å². The first-order valence-corrected chi connectivity index (χ1v) is 7.07. The molecule has 0 spiro atoms. The average Bonchev–Trinajstić information content (AvgIpc) is 2.40. The zero-order chi connectivity index (χ0) is 14.7. The lowest BCUT2D eigenvalue weighted by Gasteiger charge is -2.15. The molecule has 0 aliphatic heterocycles. The fourth-order valence-corrected chi connectivity index (χ4v) is 2.68. The number of rotatable bonds is 4. The van der Waals surface area contributed by atoms with Crippen molar-refractivity contribution in [3.63, 3.8) is 0 Å². The molecule has 0 amide bonds. The molecule has 5 heteroatoms. The van der Waals surface area contributed by atoms with Gasteiger partial charge in [0.15, 0.2) is 0 Å². The van der Waals surface area contributed by atoms with Gasteiger partial charge in [0, 0.05) is 9.50 Å². The number of carbonyl (C=O) groups is 1. The normalized spacial score (nSPS) is 12.2. The SMILES string of the molecule is O=C(O)C(Cc1cc(F)ccc1Br)c1ccccc1Cl. The molecule has 2 aromatic carbocycles. The zero-order valence-corrected chi connectivity index (χ0v) is 12.7. The van der Waals surface area contributed by atoms with Gasteiger partial charge in [0.05, 0.1) is 5.92 Å². The van der Waals surface area contributed by atoms with Crippen LogP contribution in [0.2, 0.25) is 5.02 Å². The average molecular weight is 358 g/mol. The van der Waals surface area contributed by atoms with Gasteiger partial charge in [0.25, 0.3) is 0 Å². The van der Waals surface area contributed by atoms with E-state index in [0.717, 1.165) is 0 Å². The van der Waals surface area contributed by atoms with E-state index in [1.807, 2.05) is 0 Å². The molecule has 1 atom stereocenters. The van der Waals surface area contributed by atoms with Crippen LogP contribution in [-0.2, 0) is 11.2 Å². The van der Waals surface area contributed by atoms with Crippen molar-refractivity contribution in [2.24, 2.45) is 0 Å². The van der Waals surface area contributed by atoms with Crippen LogP contribution in [0.5, 0.6) is 0 Å². The van der Waals surface area contributed by atoms with E-state index in [-0.39, 0.29) is 6.42 Å². The molecule has 0 fully saturated rings. The summed E-state index contributed by atoms with van der Waals surface area (Å²) in [7, 11) is 0. The molecule has 0 bridgehead atoms. The first-order valence-electron chi connectivity index (χ1n) is 5.90. The van der Waals surface area contributed by atoms with Gasteiger partial charge >= 0.3 is 5.97 Å². The van der Waals surface area contributed by atoms with Gasteiger partial charge in [-0.1, -0.05) is 45.7 Å². The summed E-state index contributed by atoms with van der Waals surface area (Å²) in [6.07, 6.45) is 0.164. The lowest BCUT2D eigenvalue weighted by molar-refractivity contribution is -0.138. The van der Waals surface area contributed by atoms with Gasteiger partial charge in [-0.15, -0.1) is 0 Å². The summed E-state index contributed by atoms with van der Waals surface area (Å²) in [6.45, 7) is 0. The Hall–Kier alpha value is -1.39. The van der Waals surface area contributed by atoms with E-state index in [4.69, 9.17) is 11.6 Å². The highest BCUT2D eigenvalue weighted by Gasteiger charge is 2.23. The van der Waals surface area contributed by atoms with Gasteiger partial charge < -0.3 is 5.11 Å². The number of hydrogen-bond acceptors (Lipinski definition) is 1. The molecular weight excluding hydrogens is 347 g/mol. The van der Waals surface area contributed by atoms with E-state index in [2.05, 4.69) is 15.9 Å². The van der Waals surface area contributed by atoms with Crippen molar-refractivity contribution in [3.05, 3.63) is 68.9 Å². The highest BCUT2D eigenvalue weighted by Crippen LogP contribution is 2.30. The van der Waals surface area contributed by atoms with E-state index in [1.165, 1.54) is 12.1 Å². The maximum Gasteiger partial charge on any atom is 0.311 e. The Morgan fingerprint density at radius 2 is 2.00 bits per heavy atom. The Bertz CT molecular complexity index is 646. The second kappa shape index (κ2) is 6.37. The van der Waals surface area contributed by atoms with Gasteiger partial charge in [-0.2, -0.15) is 0 Å². The molecule has 2 rings (SSSR count). The minimum Gasteiger partial charge on any atom is -0.481 e. The summed E-state index contributed by atoms with van der Waals surface area (Å²) in [4.78, 5) is 11.5. The Balaban J connectivity index is 2.38. The molecule has 0 heterocycles. The van der Waals surface area contributed by atoms with Crippen LogP contribution in [0.3, 0.4) is 0 Å². The topological polar surface area (TPSA) is 37.3 Å². The summed E-state index contributed by atoms with van der Waals surface area (Å²) >= 11 is 9.36. The third-order valence-electron chi connectivity index (χ3n) is 3.01. The van der Waals surface area contributed by atoms with Crippen LogP contribution in [0.15, 0.2) is 46.9 Å². The maximum absolute atomic E-state index is 13.3. The van der Waals surface area contributed by atoms with E-state index < -0.39 is 17.7 Å². The number of hydrogen-bond donors (Lipinski definition) is 1. The summed E-state index contributed by atoms with van der Waals surface area (Å²) < 4.78 is 14.0. The smallest absolute Gasteiger partial charge is 0.311 e. The molecular formula is C15H11BrClFO2. The largest absolute Gasteiger partial charge is 0.481 e. The molecule has 1 N–H and O–H groups in total. The molecule has 104 valence electrons. The Morgan fingerprint density at radius 1 is 1.30 bits per heavy atom. The van der Waals surface area contributed by atoms with Crippen molar-refractivity contribution in [3.8, 4) is 0 Å². The van der Waals surface area contributed by atoms with Gasteiger partial charge in [-0.05, 0) is 41.8 Å². The van der Waals surface area contributed by atoms with Crippen molar-refractivity contribution < 1.29 is 14.3 Å². The highest BCUT2D eigenvalue weighted by molar-refractivity contribution is 9.10. The van der Waals surface area contributed by atoms with Crippen molar-refractivity contribution in [1.82, 2.24) is 0 Å². The van der Waals surface area contributed by atoms with Crippen LogP contribution in [0, 0.1) is 5.82 Å². The van der Waals surface area contributed by atoms with Crippen LogP contribution in [0.25, 0.3) is 0 Å². The summed E-state index contributed by atoms with van der Waals surface area (Å²) in [5, 5.41) is 9.80.